The Morgan fingerprint density at radius 2 is 1.71 bits per heavy atom. The highest BCUT2D eigenvalue weighted by atomic mass is 16.5. The van der Waals surface area contributed by atoms with Gasteiger partial charge < -0.3 is 18.9 Å². The minimum absolute atomic E-state index is 0.198. The second kappa shape index (κ2) is 10.3. The Balaban J connectivity index is 2.41. The fourth-order valence-electron chi connectivity index (χ4n) is 3.79. The summed E-state index contributed by atoms with van der Waals surface area (Å²) in [5.74, 6) is -0.222. The minimum atomic E-state index is -0.690. The van der Waals surface area contributed by atoms with E-state index in [1.807, 2.05) is 6.92 Å². The summed E-state index contributed by atoms with van der Waals surface area (Å²) >= 11 is 0. The van der Waals surface area contributed by atoms with Gasteiger partial charge in [-0.05, 0) is 63.9 Å². The van der Waals surface area contributed by atoms with Crippen LogP contribution in [0.5, 0.6) is 5.75 Å². The molecular formula is C24H32N2O5. The van der Waals surface area contributed by atoms with Gasteiger partial charge in [0.2, 0.25) is 0 Å². The number of amides is 1. The monoisotopic (exact) mass is 428 g/mol. The number of methoxy groups -OCH3 is 1. The second-order valence-corrected chi connectivity index (χ2v) is 7.48. The number of aromatic nitrogens is 1. The summed E-state index contributed by atoms with van der Waals surface area (Å²) in [6, 6.07) is 6.14. The third-order valence-corrected chi connectivity index (χ3v) is 5.56. The molecule has 0 saturated carbocycles. The van der Waals surface area contributed by atoms with Crippen LogP contribution < -0.4 is 4.74 Å². The predicted molar refractivity (Wildman–Crippen MR) is 119 cm³/mol. The number of hydrogen-bond acceptors (Lipinski definition) is 5. The number of benzene rings is 1. The highest BCUT2D eigenvalue weighted by Gasteiger charge is 2.32. The van der Waals surface area contributed by atoms with Gasteiger partial charge in [-0.15, -0.1) is 0 Å². The zero-order valence-corrected chi connectivity index (χ0v) is 19.4. The molecule has 1 atom stereocenters. The van der Waals surface area contributed by atoms with Gasteiger partial charge in [-0.1, -0.05) is 6.92 Å². The van der Waals surface area contributed by atoms with Crippen molar-refractivity contribution in [2.24, 2.45) is 7.05 Å². The first-order valence-electron chi connectivity index (χ1n) is 10.5. The number of ether oxygens (including phenoxy) is 2. The lowest BCUT2D eigenvalue weighted by Gasteiger charge is -2.28. The first-order chi connectivity index (χ1) is 14.7. The normalized spacial score (nSPS) is 11.7. The van der Waals surface area contributed by atoms with Gasteiger partial charge in [-0.3, -0.25) is 9.59 Å². The first-order valence-corrected chi connectivity index (χ1v) is 10.5. The Morgan fingerprint density at radius 3 is 2.23 bits per heavy atom. The van der Waals surface area contributed by atoms with Crippen molar-refractivity contribution >= 4 is 17.7 Å². The van der Waals surface area contributed by atoms with E-state index in [0.717, 1.165) is 0 Å². The van der Waals surface area contributed by atoms with Gasteiger partial charge in [0, 0.05) is 30.4 Å². The standard InChI is InChI=1S/C24H32N2O5/c1-8-14-26(23(28)18-10-12-19(30-7)13-11-18)17(5)22(27)20-15(3)21(24(29)31-9-2)25(6)16(20)4/h10-13,17H,8-9,14H2,1-7H3. The Labute approximate surface area is 183 Å². The molecule has 1 unspecified atom stereocenters. The molecule has 0 N–H and O–H groups in total. The van der Waals surface area contributed by atoms with Crippen LogP contribution in [-0.2, 0) is 11.8 Å². The third kappa shape index (κ3) is 4.81. The summed E-state index contributed by atoms with van der Waals surface area (Å²) in [4.78, 5) is 40.7. The number of rotatable bonds is 9. The third-order valence-electron chi connectivity index (χ3n) is 5.56. The fourth-order valence-corrected chi connectivity index (χ4v) is 3.79. The number of hydrogen-bond donors (Lipinski definition) is 0. The summed E-state index contributed by atoms with van der Waals surface area (Å²) < 4.78 is 12.0. The predicted octanol–water partition coefficient (Wildman–Crippen LogP) is 3.95. The van der Waals surface area contributed by atoms with E-state index in [1.165, 1.54) is 0 Å². The van der Waals surface area contributed by atoms with Gasteiger partial charge in [0.15, 0.2) is 5.78 Å². The highest BCUT2D eigenvalue weighted by molar-refractivity contribution is 6.07. The van der Waals surface area contributed by atoms with E-state index < -0.39 is 12.0 Å². The molecule has 2 rings (SSSR count). The topological polar surface area (TPSA) is 77.8 Å². The fraction of sp³-hybridized carbons (Fsp3) is 0.458. The summed E-state index contributed by atoms with van der Waals surface area (Å²) in [6.07, 6.45) is 0.709. The zero-order valence-electron chi connectivity index (χ0n) is 19.4. The number of esters is 1. The van der Waals surface area contributed by atoms with E-state index in [9.17, 15) is 14.4 Å². The van der Waals surface area contributed by atoms with Crippen molar-refractivity contribution in [3.05, 3.63) is 52.3 Å². The smallest absolute Gasteiger partial charge is 0.355 e. The lowest BCUT2D eigenvalue weighted by Crippen LogP contribution is -2.44. The molecule has 1 aromatic carbocycles. The molecule has 1 heterocycles. The molecule has 0 aliphatic heterocycles. The molecule has 0 aliphatic rings. The number of nitrogens with zero attached hydrogens (tertiary/aromatic N) is 2. The van der Waals surface area contributed by atoms with Crippen LogP contribution >= 0.6 is 0 Å². The molecule has 0 radical (unpaired) electrons. The Kier molecular flexibility index (Phi) is 8.02. The van der Waals surface area contributed by atoms with Crippen LogP contribution in [0.15, 0.2) is 24.3 Å². The van der Waals surface area contributed by atoms with Gasteiger partial charge >= 0.3 is 5.97 Å². The summed E-state index contributed by atoms with van der Waals surface area (Å²) in [6.45, 7) is 9.67. The van der Waals surface area contributed by atoms with Crippen molar-refractivity contribution < 1.29 is 23.9 Å². The number of carbonyl (C=O) groups is 3. The molecule has 7 heteroatoms. The van der Waals surface area contributed by atoms with Gasteiger partial charge in [-0.2, -0.15) is 0 Å². The first kappa shape index (κ1) is 24.2. The number of Topliss-reactive ketones (excluding diaryl/α,β-unsaturated/α-hetero) is 1. The van der Waals surface area contributed by atoms with E-state index in [2.05, 4.69) is 0 Å². The molecule has 0 spiro atoms. The lowest BCUT2D eigenvalue weighted by molar-refractivity contribution is 0.0513. The van der Waals surface area contributed by atoms with Gasteiger partial charge in [0.25, 0.3) is 5.91 Å². The van der Waals surface area contributed by atoms with E-state index in [4.69, 9.17) is 9.47 Å². The SMILES string of the molecule is CCCN(C(=O)c1ccc(OC)cc1)C(C)C(=O)c1c(C)c(C(=O)OCC)n(C)c1C. The van der Waals surface area contributed by atoms with E-state index in [1.54, 1.807) is 75.6 Å². The lowest BCUT2D eigenvalue weighted by atomic mass is 9.99. The van der Waals surface area contributed by atoms with Crippen molar-refractivity contribution in [2.75, 3.05) is 20.3 Å². The van der Waals surface area contributed by atoms with Gasteiger partial charge in [0.1, 0.15) is 11.4 Å². The van der Waals surface area contributed by atoms with Crippen LogP contribution in [-0.4, -0.2) is 53.4 Å². The molecule has 2 aromatic rings. The van der Waals surface area contributed by atoms with Crippen molar-refractivity contribution in [1.82, 2.24) is 9.47 Å². The molecule has 1 amide bonds. The Hall–Kier alpha value is -3.09. The number of ketones is 1. The van der Waals surface area contributed by atoms with Crippen LogP contribution in [0.2, 0.25) is 0 Å². The Morgan fingerprint density at radius 1 is 1.10 bits per heavy atom. The highest BCUT2D eigenvalue weighted by Crippen LogP contribution is 2.25. The minimum Gasteiger partial charge on any atom is -0.497 e. The second-order valence-electron chi connectivity index (χ2n) is 7.48. The molecule has 1 aromatic heterocycles. The molecule has 31 heavy (non-hydrogen) atoms. The average Bonchev–Trinajstić information content (AvgIpc) is 2.99. The van der Waals surface area contributed by atoms with Crippen LogP contribution in [0.1, 0.15) is 69.7 Å². The quantitative estimate of drug-likeness (QED) is 0.446. The van der Waals surface area contributed by atoms with E-state index in [0.29, 0.717) is 46.8 Å². The van der Waals surface area contributed by atoms with Gasteiger partial charge in [0.05, 0.1) is 19.8 Å². The van der Waals surface area contributed by atoms with Crippen LogP contribution in [0.4, 0.5) is 0 Å². The van der Waals surface area contributed by atoms with Crippen molar-refractivity contribution in [3.8, 4) is 5.75 Å². The summed E-state index contributed by atoms with van der Waals surface area (Å²) in [5, 5.41) is 0. The molecule has 168 valence electrons. The van der Waals surface area contributed by atoms with E-state index in [-0.39, 0.29) is 18.3 Å². The maximum atomic E-state index is 13.5. The van der Waals surface area contributed by atoms with Crippen molar-refractivity contribution in [1.29, 1.82) is 0 Å². The van der Waals surface area contributed by atoms with E-state index >= 15 is 0 Å². The maximum Gasteiger partial charge on any atom is 0.355 e. The average molecular weight is 429 g/mol. The molecule has 0 fully saturated rings. The zero-order chi connectivity index (χ0) is 23.3. The maximum absolute atomic E-state index is 13.5. The molecule has 7 nitrogen and oxygen atoms in total. The van der Waals surface area contributed by atoms with Crippen molar-refractivity contribution in [3.63, 3.8) is 0 Å². The van der Waals surface area contributed by atoms with Crippen LogP contribution in [0.25, 0.3) is 0 Å². The van der Waals surface area contributed by atoms with Crippen LogP contribution in [0, 0.1) is 13.8 Å². The Bertz CT molecular complexity index is 959. The molecule has 0 saturated heterocycles. The molecule has 0 bridgehead atoms. The largest absolute Gasteiger partial charge is 0.497 e. The summed E-state index contributed by atoms with van der Waals surface area (Å²) in [7, 11) is 3.30. The van der Waals surface area contributed by atoms with Crippen LogP contribution in [0.3, 0.4) is 0 Å². The molecular weight excluding hydrogens is 396 g/mol. The van der Waals surface area contributed by atoms with Gasteiger partial charge in [-0.25, -0.2) is 4.79 Å². The number of carbonyl (C=O) groups excluding carboxylic acids is 3. The molecule has 0 aliphatic carbocycles. The van der Waals surface area contributed by atoms with Crippen molar-refractivity contribution in [2.45, 2.75) is 47.1 Å². The summed E-state index contributed by atoms with van der Waals surface area (Å²) in [5.41, 5.74) is 2.55.